The summed E-state index contributed by atoms with van der Waals surface area (Å²) in [6, 6.07) is 11.4. The molecule has 1 unspecified atom stereocenters. The lowest BCUT2D eigenvalue weighted by Gasteiger charge is -2.16. The monoisotopic (exact) mass is 421 g/mol. The van der Waals surface area contributed by atoms with E-state index in [9.17, 15) is 22.8 Å². The lowest BCUT2D eigenvalue weighted by molar-refractivity contribution is -0.137. The molecule has 0 aliphatic heterocycles. The van der Waals surface area contributed by atoms with E-state index in [1.165, 1.54) is 16.7 Å². The third-order valence-electron chi connectivity index (χ3n) is 4.25. The highest BCUT2D eigenvalue weighted by Gasteiger charge is 2.30. The number of alkyl halides is 3. The fourth-order valence-electron chi connectivity index (χ4n) is 2.75. The van der Waals surface area contributed by atoms with Crippen LogP contribution in [0, 0.1) is 0 Å². The zero-order chi connectivity index (χ0) is 21.2. The topological polar surface area (TPSA) is 64.0 Å². The van der Waals surface area contributed by atoms with Gasteiger partial charge >= 0.3 is 6.18 Å². The van der Waals surface area contributed by atoms with Gasteiger partial charge in [0.2, 0.25) is 5.91 Å². The van der Waals surface area contributed by atoms with E-state index in [1.54, 1.807) is 38.1 Å². The Morgan fingerprint density at radius 2 is 1.93 bits per heavy atom. The standard InChI is InChI=1S/C20H18F3N3O2S/c1-3-26-18(28)15-9-4-5-10-16(15)25-19(26)29-12(2)17(27)24-14-8-6-7-13(11-14)20(21,22)23/h4-12H,3H2,1-2H3,(H,24,27). The number of fused-ring (bicyclic) bond motifs is 1. The Bertz CT molecular complexity index is 1110. The number of benzene rings is 2. The van der Waals surface area contributed by atoms with Crippen molar-refractivity contribution in [1.29, 1.82) is 0 Å². The molecule has 0 aliphatic rings. The molecule has 3 rings (SSSR count). The van der Waals surface area contributed by atoms with Gasteiger partial charge in [0.15, 0.2) is 5.16 Å². The van der Waals surface area contributed by atoms with Crippen LogP contribution in [0.3, 0.4) is 0 Å². The van der Waals surface area contributed by atoms with Gasteiger partial charge < -0.3 is 5.32 Å². The van der Waals surface area contributed by atoms with Crippen molar-refractivity contribution in [1.82, 2.24) is 9.55 Å². The van der Waals surface area contributed by atoms with Crippen LogP contribution in [0.15, 0.2) is 58.5 Å². The van der Waals surface area contributed by atoms with Crippen LogP contribution < -0.4 is 10.9 Å². The Morgan fingerprint density at radius 1 is 1.21 bits per heavy atom. The molecule has 2 aromatic carbocycles. The second kappa shape index (κ2) is 8.28. The molecule has 1 amide bonds. The fraction of sp³-hybridized carbons (Fsp3) is 0.250. The number of thioether (sulfide) groups is 1. The number of para-hydroxylation sites is 1. The van der Waals surface area contributed by atoms with Crippen LogP contribution >= 0.6 is 11.8 Å². The molecule has 1 N–H and O–H groups in total. The first kappa shape index (κ1) is 20.9. The molecule has 3 aromatic rings. The third kappa shape index (κ3) is 4.61. The van der Waals surface area contributed by atoms with E-state index < -0.39 is 22.9 Å². The molecule has 0 saturated heterocycles. The highest BCUT2D eigenvalue weighted by atomic mass is 32.2. The van der Waals surface area contributed by atoms with Gasteiger partial charge in [0.25, 0.3) is 5.56 Å². The van der Waals surface area contributed by atoms with Gasteiger partial charge in [-0.2, -0.15) is 13.2 Å². The van der Waals surface area contributed by atoms with Crippen LogP contribution in [0.1, 0.15) is 19.4 Å². The molecule has 9 heteroatoms. The Balaban J connectivity index is 1.82. The number of aromatic nitrogens is 2. The summed E-state index contributed by atoms with van der Waals surface area (Å²) in [4.78, 5) is 29.6. The first-order valence-corrected chi connectivity index (χ1v) is 9.73. The Hall–Kier alpha value is -2.81. The normalized spacial score (nSPS) is 12.7. The van der Waals surface area contributed by atoms with Crippen molar-refractivity contribution in [2.75, 3.05) is 5.32 Å². The summed E-state index contributed by atoms with van der Waals surface area (Å²) in [6.07, 6.45) is -4.49. The second-order valence-electron chi connectivity index (χ2n) is 6.29. The number of halogens is 3. The highest BCUT2D eigenvalue weighted by molar-refractivity contribution is 8.00. The summed E-state index contributed by atoms with van der Waals surface area (Å²) in [7, 11) is 0. The van der Waals surface area contributed by atoms with E-state index in [-0.39, 0.29) is 11.2 Å². The number of carbonyl (C=O) groups excluding carboxylic acids is 1. The van der Waals surface area contributed by atoms with Crippen LogP contribution in [0.5, 0.6) is 0 Å². The molecule has 1 aromatic heterocycles. The first-order chi connectivity index (χ1) is 13.7. The largest absolute Gasteiger partial charge is 0.416 e. The Morgan fingerprint density at radius 3 is 2.62 bits per heavy atom. The van der Waals surface area contributed by atoms with E-state index in [2.05, 4.69) is 10.3 Å². The maximum atomic E-state index is 12.8. The van der Waals surface area contributed by atoms with Crippen LogP contribution in [0.4, 0.5) is 18.9 Å². The van der Waals surface area contributed by atoms with Crippen molar-refractivity contribution >= 4 is 34.3 Å². The van der Waals surface area contributed by atoms with Gasteiger partial charge in [-0.15, -0.1) is 0 Å². The predicted molar refractivity (Wildman–Crippen MR) is 107 cm³/mol. The molecule has 0 aliphatic carbocycles. The zero-order valence-electron chi connectivity index (χ0n) is 15.7. The minimum absolute atomic E-state index is 0.0524. The Kier molecular flexibility index (Phi) is 5.97. The van der Waals surface area contributed by atoms with Crippen molar-refractivity contribution in [3.8, 4) is 0 Å². The quantitative estimate of drug-likeness (QED) is 0.485. The molecule has 1 heterocycles. The van der Waals surface area contributed by atoms with Gasteiger partial charge in [-0.1, -0.05) is 30.0 Å². The number of amides is 1. The molecule has 0 spiro atoms. The summed E-state index contributed by atoms with van der Waals surface area (Å²) < 4.78 is 40.0. The van der Waals surface area contributed by atoms with Gasteiger partial charge in [-0.05, 0) is 44.2 Å². The highest BCUT2D eigenvalue weighted by Crippen LogP contribution is 2.31. The smallest absolute Gasteiger partial charge is 0.325 e. The van der Waals surface area contributed by atoms with Crippen LogP contribution in [-0.2, 0) is 17.5 Å². The lowest BCUT2D eigenvalue weighted by Crippen LogP contribution is -2.26. The lowest BCUT2D eigenvalue weighted by atomic mass is 10.2. The molecular weight excluding hydrogens is 403 g/mol. The number of hydrogen-bond acceptors (Lipinski definition) is 4. The summed E-state index contributed by atoms with van der Waals surface area (Å²) in [5, 5.41) is 2.67. The number of nitrogens with zero attached hydrogens (tertiary/aromatic N) is 2. The summed E-state index contributed by atoms with van der Waals surface area (Å²) in [5.74, 6) is -0.487. The number of hydrogen-bond donors (Lipinski definition) is 1. The number of carbonyl (C=O) groups is 1. The Labute approximate surface area is 169 Å². The molecule has 1 atom stereocenters. The van der Waals surface area contributed by atoms with E-state index >= 15 is 0 Å². The molecule has 5 nitrogen and oxygen atoms in total. The number of anilines is 1. The fourth-order valence-corrected chi connectivity index (χ4v) is 3.72. The van der Waals surface area contributed by atoms with E-state index in [4.69, 9.17) is 0 Å². The summed E-state index contributed by atoms with van der Waals surface area (Å²) in [6.45, 7) is 3.78. The molecule has 29 heavy (non-hydrogen) atoms. The number of nitrogens with one attached hydrogen (secondary N) is 1. The van der Waals surface area contributed by atoms with Crippen molar-refractivity contribution < 1.29 is 18.0 Å². The summed E-state index contributed by atoms with van der Waals surface area (Å²) in [5.41, 5.74) is -0.468. The predicted octanol–water partition coefficient (Wildman–Crippen LogP) is 4.55. The van der Waals surface area contributed by atoms with Crippen molar-refractivity contribution in [2.45, 2.75) is 37.0 Å². The maximum Gasteiger partial charge on any atom is 0.416 e. The molecule has 0 saturated carbocycles. The van der Waals surface area contributed by atoms with Crippen LogP contribution in [0.2, 0.25) is 0 Å². The molecule has 0 radical (unpaired) electrons. The van der Waals surface area contributed by atoms with Gasteiger partial charge in [-0.25, -0.2) is 4.98 Å². The maximum absolute atomic E-state index is 12.8. The van der Waals surface area contributed by atoms with Gasteiger partial charge in [0, 0.05) is 12.2 Å². The molecule has 0 bridgehead atoms. The first-order valence-electron chi connectivity index (χ1n) is 8.85. The average molecular weight is 421 g/mol. The molecule has 0 fully saturated rings. The van der Waals surface area contributed by atoms with Gasteiger partial charge in [0.05, 0.1) is 21.7 Å². The molecule has 152 valence electrons. The zero-order valence-corrected chi connectivity index (χ0v) is 16.5. The minimum Gasteiger partial charge on any atom is -0.325 e. The summed E-state index contributed by atoms with van der Waals surface area (Å²) >= 11 is 1.08. The van der Waals surface area contributed by atoms with Crippen molar-refractivity contribution in [3.05, 3.63) is 64.4 Å². The van der Waals surface area contributed by atoms with E-state index in [0.29, 0.717) is 22.6 Å². The van der Waals surface area contributed by atoms with Gasteiger partial charge in [-0.3, -0.25) is 14.2 Å². The number of rotatable bonds is 5. The van der Waals surface area contributed by atoms with E-state index in [1.807, 2.05) is 0 Å². The van der Waals surface area contributed by atoms with E-state index in [0.717, 1.165) is 23.9 Å². The van der Waals surface area contributed by atoms with Crippen LogP contribution in [0.25, 0.3) is 10.9 Å². The van der Waals surface area contributed by atoms with Crippen molar-refractivity contribution in [2.24, 2.45) is 0 Å². The third-order valence-corrected chi connectivity index (χ3v) is 5.34. The average Bonchev–Trinajstić information content (AvgIpc) is 2.68. The van der Waals surface area contributed by atoms with Crippen LogP contribution in [-0.4, -0.2) is 20.7 Å². The second-order valence-corrected chi connectivity index (χ2v) is 7.60. The van der Waals surface area contributed by atoms with Gasteiger partial charge in [0.1, 0.15) is 0 Å². The molecular formula is C20H18F3N3O2S. The minimum atomic E-state index is -4.49. The van der Waals surface area contributed by atoms with Crippen molar-refractivity contribution in [3.63, 3.8) is 0 Å². The SMILES string of the molecule is CCn1c(SC(C)C(=O)Nc2cccc(C(F)(F)F)c2)nc2ccccc2c1=O.